The van der Waals surface area contributed by atoms with Gasteiger partial charge in [0, 0.05) is 5.02 Å². The number of halogens is 1. The first-order chi connectivity index (χ1) is 17.0. The van der Waals surface area contributed by atoms with Gasteiger partial charge in [-0.05, 0) is 73.0 Å². The van der Waals surface area contributed by atoms with Crippen molar-refractivity contribution in [1.29, 1.82) is 0 Å². The van der Waals surface area contributed by atoms with Crippen molar-refractivity contribution in [3.8, 4) is 17.2 Å². The maximum Gasteiger partial charge on any atom is 0.343 e. The van der Waals surface area contributed by atoms with Gasteiger partial charge in [-0.3, -0.25) is 4.79 Å². The molecule has 1 amide bonds. The summed E-state index contributed by atoms with van der Waals surface area (Å²) in [6, 6.07) is 18.8. The van der Waals surface area contributed by atoms with Gasteiger partial charge in [-0.2, -0.15) is 5.10 Å². The quantitative estimate of drug-likeness (QED) is 0.130. The van der Waals surface area contributed by atoms with Crippen molar-refractivity contribution in [2.45, 2.75) is 13.3 Å². The molecule has 0 heterocycles. The van der Waals surface area contributed by atoms with Gasteiger partial charge in [0.25, 0.3) is 5.91 Å². The number of carbonyl (C=O) groups is 2. The van der Waals surface area contributed by atoms with Crippen molar-refractivity contribution in [2.24, 2.45) is 5.10 Å². The number of rotatable bonds is 11. The number of amides is 1. The number of carbonyl (C=O) groups excluding carboxylic acids is 2. The summed E-state index contributed by atoms with van der Waals surface area (Å²) in [7, 11) is 0. The Hall–Kier alpha value is -4.10. The van der Waals surface area contributed by atoms with E-state index in [1.807, 2.05) is 25.1 Å². The van der Waals surface area contributed by atoms with Crippen molar-refractivity contribution in [3.05, 3.63) is 101 Å². The van der Waals surface area contributed by atoms with Crippen molar-refractivity contribution >= 4 is 29.7 Å². The van der Waals surface area contributed by atoms with Gasteiger partial charge in [-0.25, -0.2) is 10.2 Å². The molecule has 0 aliphatic carbocycles. The summed E-state index contributed by atoms with van der Waals surface area (Å²) in [5.41, 5.74) is 4.37. The van der Waals surface area contributed by atoms with Crippen LogP contribution in [0.3, 0.4) is 0 Å². The van der Waals surface area contributed by atoms with Gasteiger partial charge in [0.15, 0.2) is 18.1 Å². The summed E-state index contributed by atoms with van der Waals surface area (Å²) in [5, 5.41) is 4.49. The summed E-state index contributed by atoms with van der Waals surface area (Å²) in [5.74, 6) is 0.308. The molecule has 0 fully saturated rings. The lowest BCUT2D eigenvalue weighted by atomic mass is 10.1. The van der Waals surface area contributed by atoms with E-state index in [-0.39, 0.29) is 12.4 Å². The second-order valence-corrected chi connectivity index (χ2v) is 7.65. The zero-order chi connectivity index (χ0) is 25.0. The number of ether oxygens (including phenoxy) is 3. The molecular weight excluding hydrogens is 468 g/mol. The molecule has 0 radical (unpaired) electrons. The Kier molecular flexibility index (Phi) is 9.45. The van der Waals surface area contributed by atoms with Crippen LogP contribution in [-0.4, -0.2) is 31.3 Å². The highest BCUT2D eigenvalue weighted by molar-refractivity contribution is 6.30. The zero-order valence-electron chi connectivity index (χ0n) is 19.2. The fourth-order valence-electron chi connectivity index (χ4n) is 3.03. The number of allylic oxidation sites excluding steroid dienone is 1. The predicted octanol–water partition coefficient (Wildman–Crippen LogP) is 5.22. The van der Waals surface area contributed by atoms with Crippen molar-refractivity contribution in [3.63, 3.8) is 0 Å². The first kappa shape index (κ1) is 25.5. The van der Waals surface area contributed by atoms with E-state index in [9.17, 15) is 9.59 Å². The van der Waals surface area contributed by atoms with Crippen LogP contribution in [0.25, 0.3) is 0 Å². The molecule has 1 N–H and O–H groups in total. The molecule has 35 heavy (non-hydrogen) atoms. The van der Waals surface area contributed by atoms with E-state index >= 15 is 0 Å². The van der Waals surface area contributed by atoms with Crippen molar-refractivity contribution in [1.82, 2.24) is 5.43 Å². The number of nitrogens with zero attached hydrogens (tertiary/aromatic N) is 1. The third-order valence-electron chi connectivity index (χ3n) is 4.65. The van der Waals surface area contributed by atoms with Crippen LogP contribution in [0.1, 0.15) is 28.4 Å². The number of hydrazone groups is 1. The lowest BCUT2D eigenvalue weighted by molar-refractivity contribution is -0.123. The van der Waals surface area contributed by atoms with Crippen LogP contribution < -0.4 is 19.6 Å². The number of esters is 1. The maximum atomic E-state index is 12.4. The fourth-order valence-corrected chi connectivity index (χ4v) is 3.15. The summed E-state index contributed by atoms with van der Waals surface area (Å²) < 4.78 is 16.7. The Morgan fingerprint density at radius 3 is 2.51 bits per heavy atom. The van der Waals surface area contributed by atoms with Gasteiger partial charge in [-0.15, -0.1) is 6.58 Å². The molecule has 3 aromatic carbocycles. The molecule has 0 spiro atoms. The lowest BCUT2D eigenvalue weighted by Gasteiger charge is -2.11. The number of hydrogen-bond acceptors (Lipinski definition) is 6. The lowest BCUT2D eigenvalue weighted by Crippen LogP contribution is -2.24. The van der Waals surface area contributed by atoms with Crippen LogP contribution in [0.4, 0.5) is 0 Å². The standard InChI is InChI=1S/C27H25ClN2O5/c1-3-7-20-8-5-6-9-23(20)34-18-26(31)30-29-17-19-10-15-24(25(16-19)33-4-2)35-27(32)21-11-13-22(28)14-12-21/h3,5-6,8-17H,1,4,7,18H2,2H3,(H,30,31)/b29-17+. The Labute approximate surface area is 209 Å². The second kappa shape index (κ2) is 13.0. The molecule has 0 atom stereocenters. The van der Waals surface area contributed by atoms with Gasteiger partial charge in [-0.1, -0.05) is 35.9 Å². The minimum Gasteiger partial charge on any atom is -0.490 e. The average molecular weight is 493 g/mol. The third-order valence-corrected chi connectivity index (χ3v) is 4.90. The monoisotopic (exact) mass is 492 g/mol. The van der Waals surface area contributed by atoms with E-state index in [4.69, 9.17) is 25.8 Å². The van der Waals surface area contributed by atoms with E-state index in [0.717, 1.165) is 5.56 Å². The van der Waals surface area contributed by atoms with E-state index in [1.165, 1.54) is 6.21 Å². The highest BCUT2D eigenvalue weighted by Gasteiger charge is 2.13. The average Bonchev–Trinajstić information content (AvgIpc) is 2.86. The van der Waals surface area contributed by atoms with Crippen molar-refractivity contribution < 1.29 is 23.8 Å². The summed E-state index contributed by atoms with van der Waals surface area (Å²) in [6.45, 7) is 5.73. The summed E-state index contributed by atoms with van der Waals surface area (Å²) >= 11 is 5.86. The Balaban J connectivity index is 1.59. The van der Waals surface area contributed by atoms with E-state index in [0.29, 0.717) is 40.7 Å². The van der Waals surface area contributed by atoms with Crippen LogP contribution in [0.5, 0.6) is 17.2 Å². The minimum atomic E-state index is -0.536. The highest BCUT2D eigenvalue weighted by Crippen LogP contribution is 2.29. The van der Waals surface area contributed by atoms with Crippen molar-refractivity contribution in [2.75, 3.05) is 13.2 Å². The van der Waals surface area contributed by atoms with Crippen LogP contribution >= 0.6 is 11.6 Å². The molecule has 8 heteroatoms. The first-order valence-corrected chi connectivity index (χ1v) is 11.3. The van der Waals surface area contributed by atoms with Gasteiger partial charge >= 0.3 is 5.97 Å². The molecule has 0 aliphatic heterocycles. The molecule has 0 saturated carbocycles. The maximum absolute atomic E-state index is 12.4. The van der Waals surface area contributed by atoms with Crippen LogP contribution in [0, 0.1) is 0 Å². The molecule has 180 valence electrons. The molecule has 3 rings (SSSR count). The largest absolute Gasteiger partial charge is 0.490 e. The third kappa shape index (κ3) is 7.72. The minimum absolute atomic E-state index is 0.185. The molecule has 0 aliphatic rings. The molecule has 0 saturated heterocycles. The Bertz CT molecular complexity index is 1210. The van der Waals surface area contributed by atoms with E-state index in [1.54, 1.807) is 54.6 Å². The van der Waals surface area contributed by atoms with Gasteiger partial charge in [0.05, 0.1) is 18.4 Å². The first-order valence-electron chi connectivity index (χ1n) is 10.9. The number of para-hydroxylation sites is 1. The normalized spacial score (nSPS) is 10.6. The summed E-state index contributed by atoms with van der Waals surface area (Å²) in [4.78, 5) is 24.5. The van der Waals surface area contributed by atoms with E-state index < -0.39 is 11.9 Å². The second-order valence-electron chi connectivity index (χ2n) is 7.22. The molecule has 3 aromatic rings. The fraction of sp³-hybridized carbons (Fsp3) is 0.148. The van der Waals surface area contributed by atoms with Gasteiger partial charge in [0.2, 0.25) is 0 Å². The number of benzene rings is 3. The topological polar surface area (TPSA) is 86.2 Å². The summed E-state index contributed by atoms with van der Waals surface area (Å²) in [6.07, 6.45) is 3.87. The van der Waals surface area contributed by atoms with E-state index in [2.05, 4.69) is 17.1 Å². The smallest absolute Gasteiger partial charge is 0.343 e. The van der Waals surface area contributed by atoms with Gasteiger partial charge in [0.1, 0.15) is 5.75 Å². The van der Waals surface area contributed by atoms with Crippen LogP contribution in [-0.2, 0) is 11.2 Å². The highest BCUT2D eigenvalue weighted by atomic mass is 35.5. The van der Waals surface area contributed by atoms with Gasteiger partial charge < -0.3 is 14.2 Å². The zero-order valence-corrected chi connectivity index (χ0v) is 20.0. The SMILES string of the molecule is C=CCc1ccccc1OCC(=O)N/N=C/c1ccc(OC(=O)c2ccc(Cl)cc2)c(OCC)c1. The number of nitrogens with one attached hydrogen (secondary N) is 1. The Morgan fingerprint density at radius 2 is 1.77 bits per heavy atom. The molecule has 0 unspecified atom stereocenters. The Morgan fingerprint density at radius 1 is 1.00 bits per heavy atom. The molecule has 0 bridgehead atoms. The molecule has 7 nitrogen and oxygen atoms in total. The van der Waals surface area contributed by atoms with Crippen LogP contribution in [0.15, 0.2) is 84.5 Å². The molecule has 0 aromatic heterocycles. The number of hydrogen-bond donors (Lipinski definition) is 1. The predicted molar refractivity (Wildman–Crippen MR) is 136 cm³/mol. The molecular formula is C27H25ClN2O5. The van der Waals surface area contributed by atoms with Crippen LogP contribution in [0.2, 0.25) is 5.02 Å².